The van der Waals surface area contributed by atoms with E-state index in [9.17, 15) is 15.0 Å². The van der Waals surface area contributed by atoms with Gasteiger partial charge in [-0.1, -0.05) is 34.1 Å². The Kier molecular flexibility index (Phi) is 7.90. The van der Waals surface area contributed by atoms with E-state index in [2.05, 4.69) is 27.7 Å². The Labute approximate surface area is 215 Å². The summed E-state index contributed by atoms with van der Waals surface area (Å²) in [6.07, 6.45) is 9.97. The van der Waals surface area contributed by atoms with Crippen LogP contribution in [0.15, 0.2) is 0 Å². The first kappa shape index (κ1) is 27.6. The first-order valence-electron chi connectivity index (χ1n) is 14.9. The lowest BCUT2D eigenvalue weighted by molar-refractivity contribution is -0.203. The zero-order chi connectivity index (χ0) is 25.8. The van der Waals surface area contributed by atoms with E-state index in [-0.39, 0.29) is 28.8 Å². The minimum absolute atomic E-state index is 0.188. The molecule has 0 bridgehead atoms. The zero-order valence-electron chi connectivity index (χ0n) is 23.7. The minimum Gasteiger partial charge on any atom is -0.393 e. The van der Waals surface area contributed by atoms with E-state index in [1.165, 1.54) is 25.7 Å². The quantitative estimate of drug-likeness (QED) is 0.412. The summed E-state index contributed by atoms with van der Waals surface area (Å²) in [6.45, 7) is 16.0. The molecule has 202 valence electrons. The van der Waals surface area contributed by atoms with Crippen LogP contribution in [0.2, 0.25) is 0 Å². The first-order chi connectivity index (χ1) is 16.4. The molecule has 0 aliphatic heterocycles. The van der Waals surface area contributed by atoms with Gasteiger partial charge in [0.1, 0.15) is 5.60 Å². The van der Waals surface area contributed by atoms with Gasteiger partial charge < -0.3 is 14.9 Å². The minimum atomic E-state index is -0.685. The molecule has 0 heterocycles. The van der Waals surface area contributed by atoms with Crippen LogP contribution in [0.5, 0.6) is 0 Å². The molecule has 4 fully saturated rings. The molecule has 4 nitrogen and oxygen atoms in total. The lowest BCUT2D eigenvalue weighted by Gasteiger charge is -2.64. The number of aliphatic hydroxyl groups excluding tert-OH is 2. The lowest BCUT2D eigenvalue weighted by atomic mass is 9.41. The summed E-state index contributed by atoms with van der Waals surface area (Å²) in [5.41, 5.74) is -0.169. The fourth-order valence-corrected chi connectivity index (χ4v) is 10.2. The van der Waals surface area contributed by atoms with Crippen molar-refractivity contribution >= 4 is 5.78 Å². The van der Waals surface area contributed by atoms with Gasteiger partial charge >= 0.3 is 0 Å². The molecule has 4 aliphatic rings. The predicted molar refractivity (Wildman–Crippen MR) is 141 cm³/mol. The molecule has 4 saturated carbocycles. The van der Waals surface area contributed by atoms with E-state index in [4.69, 9.17) is 4.74 Å². The van der Waals surface area contributed by atoms with Gasteiger partial charge in [-0.05, 0) is 124 Å². The van der Waals surface area contributed by atoms with Crippen molar-refractivity contribution in [2.75, 3.05) is 6.61 Å². The van der Waals surface area contributed by atoms with Crippen LogP contribution in [0.3, 0.4) is 0 Å². The number of fused-ring (bicyclic) bond motifs is 5. The Hall–Kier alpha value is -0.450. The molecule has 5 unspecified atom stereocenters. The lowest BCUT2D eigenvalue weighted by Crippen LogP contribution is -2.62. The number of hydrogen-bond donors (Lipinski definition) is 2. The van der Waals surface area contributed by atoms with Crippen molar-refractivity contribution in [2.24, 2.45) is 52.3 Å². The summed E-state index contributed by atoms with van der Waals surface area (Å²) >= 11 is 0. The predicted octanol–water partition coefficient (Wildman–Crippen LogP) is 6.41. The standard InChI is InChI=1S/C31H54O4/c1-8-21-25-18-20(32)14-16-31(25,7)24-15-17-30(6)22(11-12-23(30)27(24)28(21)34)19(3)10-13-26(33)29(4,5)35-9-2/h19-25,27-28,32,34H,8-18H2,1-7H3/t19-,20-,21-,22?,23?,24?,25?,27?,28-,30-,31-/m1/s1. The van der Waals surface area contributed by atoms with Gasteiger partial charge in [-0.25, -0.2) is 0 Å². The first-order valence-corrected chi connectivity index (χ1v) is 14.9. The molecule has 4 aliphatic carbocycles. The van der Waals surface area contributed by atoms with Gasteiger partial charge in [0.05, 0.1) is 12.2 Å². The van der Waals surface area contributed by atoms with E-state index in [1.54, 1.807) is 0 Å². The van der Waals surface area contributed by atoms with Gasteiger partial charge in [-0.15, -0.1) is 0 Å². The molecule has 35 heavy (non-hydrogen) atoms. The largest absolute Gasteiger partial charge is 0.393 e. The third-order valence-electron chi connectivity index (χ3n) is 12.2. The second-order valence-electron chi connectivity index (χ2n) is 14.0. The summed E-state index contributed by atoms with van der Waals surface area (Å²) < 4.78 is 5.71. The third-order valence-corrected chi connectivity index (χ3v) is 12.2. The zero-order valence-corrected chi connectivity index (χ0v) is 23.7. The molecule has 4 rings (SSSR count). The molecule has 0 aromatic carbocycles. The number of carbonyl (C=O) groups is 1. The molecule has 0 spiro atoms. The maximum atomic E-state index is 12.9. The van der Waals surface area contributed by atoms with E-state index in [0.717, 1.165) is 32.1 Å². The molecule has 0 radical (unpaired) electrons. The summed E-state index contributed by atoms with van der Waals surface area (Å²) in [4.78, 5) is 12.9. The van der Waals surface area contributed by atoms with Gasteiger partial charge in [0, 0.05) is 13.0 Å². The van der Waals surface area contributed by atoms with Crippen LogP contribution in [0, 0.1) is 52.3 Å². The van der Waals surface area contributed by atoms with Crippen LogP contribution >= 0.6 is 0 Å². The van der Waals surface area contributed by atoms with Crippen LogP contribution in [0.1, 0.15) is 113 Å². The van der Waals surface area contributed by atoms with Gasteiger partial charge in [0.2, 0.25) is 0 Å². The SMILES string of the molecule is CCOC(C)(C)C(=O)CC[C@@H](C)C1CCC2C3C(CC[C@@]21C)[C@@]1(C)CC[C@@H](O)CC1[C@@H](CC)[C@H]3O. The smallest absolute Gasteiger partial charge is 0.164 e. The van der Waals surface area contributed by atoms with Gasteiger partial charge in [-0.2, -0.15) is 0 Å². The average Bonchev–Trinajstić information content (AvgIpc) is 3.15. The molecule has 0 saturated heterocycles. The Morgan fingerprint density at radius 1 is 1.00 bits per heavy atom. The highest BCUT2D eigenvalue weighted by Crippen LogP contribution is 2.69. The maximum absolute atomic E-state index is 12.9. The second-order valence-corrected chi connectivity index (χ2v) is 14.0. The highest BCUT2D eigenvalue weighted by molar-refractivity contribution is 5.86. The average molecular weight is 491 g/mol. The van der Waals surface area contributed by atoms with Crippen LogP contribution in [0.4, 0.5) is 0 Å². The number of ether oxygens (including phenoxy) is 1. The van der Waals surface area contributed by atoms with Crippen molar-refractivity contribution in [1.29, 1.82) is 0 Å². The summed E-state index contributed by atoms with van der Waals surface area (Å²) in [5, 5.41) is 22.4. The van der Waals surface area contributed by atoms with E-state index in [0.29, 0.717) is 54.5 Å². The second kappa shape index (κ2) is 10.0. The van der Waals surface area contributed by atoms with Gasteiger partial charge in [0.15, 0.2) is 5.78 Å². The summed E-state index contributed by atoms with van der Waals surface area (Å²) in [7, 11) is 0. The molecule has 0 aromatic heterocycles. The Morgan fingerprint density at radius 3 is 2.31 bits per heavy atom. The number of hydrogen-bond acceptors (Lipinski definition) is 4. The number of aliphatic hydroxyl groups is 2. The number of rotatable bonds is 8. The van der Waals surface area contributed by atoms with Crippen molar-refractivity contribution in [1.82, 2.24) is 0 Å². The molecule has 0 amide bonds. The van der Waals surface area contributed by atoms with Crippen molar-refractivity contribution in [3.05, 3.63) is 0 Å². The van der Waals surface area contributed by atoms with E-state index < -0.39 is 5.60 Å². The summed E-state index contributed by atoms with van der Waals surface area (Å²) in [6, 6.07) is 0. The maximum Gasteiger partial charge on any atom is 0.164 e. The number of ketones is 1. The Balaban J connectivity index is 1.51. The van der Waals surface area contributed by atoms with Crippen molar-refractivity contribution in [3.8, 4) is 0 Å². The van der Waals surface area contributed by atoms with E-state index in [1.807, 2.05) is 20.8 Å². The molecule has 4 heteroatoms. The molecule has 0 aromatic rings. The van der Waals surface area contributed by atoms with Crippen molar-refractivity contribution < 1.29 is 19.7 Å². The normalized spacial score (nSPS) is 46.4. The van der Waals surface area contributed by atoms with Crippen LogP contribution in [0.25, 0.3) is 0 Å². The van der Waals surface area contributed by atoms with Gasteiger partial charge in [-0.3, -0.25) is 4.79 Å². The molecule has 2 N–H and O–H groups in total. The monoisotopic (exact) mass is 490 g/mol. The van der Waals surface area contributed by atoms with Crippen LogP contribution in [-0.4, -0.2) is 40.4 Å². The van der Waals surface area contributed by atoms with Crippen LogP contribution in [-0.2, 0) is 9.53 Å². The highest BCUT2D eigenvalue weighted by atomic mass is 16.5. The fourth-order valence-electron chi connectivity index (χ4n) is 10.2. The fraction of sp³-hybridized carbons (Fsp3) is 0.968. The van der Waals surface area contributed by atoms with Crippen molar-refractivity contribution in [2.45, 2.75) is 130 Å². The molecular formula is C31H54O4. The molecule has 11 atom stereocenters. The van der Waals surface area contributed by atoms with Gasteiger partial charge in [0.25, 0.3) is 0 Å². The van der Waals surface area contributed by atoms with Crippen LogP contribution < -0.4 is 0 Å². The Bertz CT molecular complexity index is 763. The summed E-state index contributed by atoms with van der Waals surface area (Å²) in [5.74, 6) is 3.69. The number of Topliss-reactive ketones (excluding diaryl/α,β-unsaturated/α-hetero) is 1. The molecular weight excluding hydrogens is 436 g/mol. The topological polar surface area (TPSA) is 66.8 Å². The third kappa shape index (κ3) is 4.56. The number of carbonyl (C=O) groups excluding carboxylic acids is 1. The Morgan fingerprint density at radius 2 is 1.66 bits per heavy atom. The van der Waals surface area contributed by atoms with E-state index >= 15 is 0 Å². The highest BCUT2D eigenvalue weighted by Gasteiger charge is 2.64. The van der Waals surface area contributed by atoms with Crippen molar-refractivity contribution in [3.63, 3.8) is 0 Å².